The number of rotatable bonds is 3. The van der Waals surface area contributed by atoms with Gasteiger partial charge in [0, 0.05) is 19.1 Å². The van der Waals surface area contributed by atoms with E-state index in [2.05, 4.69) is 5.10 Å². The first kappa shape index (κ1) is 13.9. The molecule has 0 spiro atoms. The highest BCUT2D eigenvalue weighted by Crippen LogP contribution is 2.40. The van der Waals surface area contributed by atoms with Crippen molar-refractivity contribution in [2.24, 2.45) is 17.6 Å². The molecule has 2 fully saturated rings. The number of nitrogens with two attached hydrogens (primary N) is 1. The van der Waals surface area contributed by atoms with E-state index in [9.17, 15) is 4.79 Å². The monoisotopic (exact) mass is 296 g/mol. The summed E-state index contributed by atoms with van der Waals surface area (Å²) in [5.41, 5.74) is 7.78. The molecule has 1 amide bonds. The number of carbonyl (C=O) groups is 1. The Bertz CT molecular complexity index is 538. The standard InChI is InChI=1S/C14H21ClN4O/c1-8-14(15)9(2)19(17-8)7-13(20)18-5-11(10-3-4-10)12(16)6-18/h10-12H,3-7,16H2,1-2H3/t11-,12+/m0/s1. The highest BCUT2D eigenvalue weighted by Gasteiger charge is 2.42. The Morgan fingerprint density at radius 3 is 2.65 bits per heavy atom. The van der Waals surface area contributed by atoms with Gasteiger partial charge in [0.2, 0.25) is 5.91 Å². The number of hydrogen-bond acceptors (Lipinski definition) is 3. The second-order valence-electron chi connectivity index (χ2n) is 6.11. The van der Waals surface area contributed by atoms with Gasteiger partial charge in [-0.25, -0.2) is 0 Å². The normalized spacial score (nSPS) is 26.3. The lowest BCUT2D eigenvalue weighted by Crippen LogP contribution is -2.34. The zero-order valence-corrected chi connectivity index (χ0v) is 12.7. The predicted molar refractivity (Wildman–Crippen MR) is 77.5 cm³/mol. The van der Waals surface area contributed by atoms with Gasteiger partial charge >= 0.3 is 0 Å². The minimum atomic E-state index is 0.0888. The van der Waals surface area contributed by atoms with Crippen LogP contribution in [0.2, 0.25) is 5.02 Å². The summed E-state index contributed by atoms with van der Waals surface area (Å²) in [6.45, 7) is 5.47. The van der Waals surface area contributed by atoms with E-state index in [1.54, 1.807) is 4.68 Å². The van der Waals surface area contributed by atoms with Gasteiger partial charge in [0.1, 0.15) is 6.54 Å². The van der Waals surface area contributed by atoms with E-state index in [0.29, 0.717) is 17.5 Å². The van der Waals surface area contributed by atoms with Gasteiger partial charge in [-0.05, 0) is 38.5 Å². The smallest absolute Gasteiger partial charge is 0.244 e. The van der Waals surface area contributed by atoms with Crippen molar-refractivity contribution in [2.75, 3.05) is 13.1 Å². The number of hydrogen-bond donors (Lipinski definition) is 1. The molecule has 5 nitrogen and oxygen atoms in total. The molecule has 20 heavy (non-hydrogen) atoms. The molecule has 0 aromatic carbocycles. The molecule has 1 aromatic heterocycles. The average molecular weight is 297 g/mol. The first-order chi connectivity index (χ1) is 9.47. The molecule has 2 N–H and O–H groups in total. The number of carbonyl (C=O) groups excluding carboxylic acids is 1. The van der Waals surface area contributed by atoms with Gasteiger partial charge in [0.25, 0.3) is 0 Å². The number of aromatic nitrogens is 2. The lowest BCUT2D eigenvalue weighted by molar-refractivity contribution is -0.131. The van der Waals surface area contributed by atoms with E-state index in [1.165, 1.54) is 12.8 Å². The van der Waals surface area contributed by atoms with Crippen molar-refractivity contribution in [2.45, 2.75) is 39.3 Å². The van der Waals surface area contributed by atoms with Gasteiger partial charge in [0.15, 0.2) is 0 Å². The van der Waals surface area contributed by atoms with Crippen molar-refractivity contribution in [1.82, 2.24) is 14.7 Å². The van der Waals surface area contributed by atoms with Crippen LogP contribution in [0.3, 0.4) is 0 Å². The van der Waals surface area contributed by atoms with E-state index in [-0.39, 0.29) is 18.5 Å². The predicted octanol–water partition coefficient (Wildman–Crippen LogP) is 1.35. The largest absolute Gasteiger partial charge is 0.339 e. The van der Waals surface area contributed by atoms with Gasteiger partial charge in [0.05, 0.1) is 16.4 Å². The van der Waals surface area contributed by atoms with E-state index in [4.69, 9.17) is 17.3 Å². The Balaban J connectivity index is 1.66. The average Bonchev–Trinajstić information content (AvgIpc) is 3.13. The van der Waals surface area contributed by atoms with Crippen molar-refractivity contribution in [3.8, 4) is 0 Å². The van der Waals surface area contributed by atoms with Crippen molar-refractivity contribution < 1.29 is 4.79 Å². The molecule has 0 unspecified atom stereocenters. The van der Waals surface area contributed by atoms with Crippen LogP contribution in [0.15, 0.2) is 0 Å². The van der Waals surface area contributed by atoms with Crippen LogP contribution in [0.25, 0.3) is 0 Å². The number of likely N-dealkylation sites (tertiary alicyclic amines) is 1. The van der Waals surface area contributed by atoms with Crippen LogP contribution in [-0.2, 0) is 11.3 Å². The fourth-order valence-electron chi connectivity index (χ4n) is 3.14. The molecular formula is C14H21ClN4O. The van der Waals surface area contributed by atoms with Crippen LogP contribution in [0.1, 0.15) is 24.2 Å². The Kier molecular flexibility index (Phi) is 3.50. The number of nitrogens with zero attached hydrogens (tertiary/aromatic N) is 3. The van der Waals surface area contributed by atoms with E-state index >= 15 is 0 Å². The Morgan fingerprint density at radius 2 is 2.10 bits per heavy atom. The second-order valence-corrected chi connectivity index (χ2v) is 6.48. The number of amides is 1. The van der Waals surface area contributed by atoms with Crippen LogP contribution >= 0.6 is 11.6 Å². The zero-order chi connectivity index (χ0) is 14.4. The van der Waals surface area contributed by atoms with Gasteiger partial charge in [-0.3, -0.25) is 9.48 Å². The maximum Gasteiger partial charge on any atom is 0.244 e. The molecule has 0 radical (unpaired) electrons. The molecule has 1 aliphatic heterocycles. The van der Waals surface area contributed by atoms with Crippen molar-refractivity contribution in [1.29, 1.82) is 0 Å². The van der Waals surface area contributed by atoms with E-state index < -0.39 is 0 Å². The summed E-state index contributed by atoms with van der Waals surface area (Å²) in [5, 5.41) is 4.96. The summed E-state index contributed by atoms with van der Waals surface area (Å²) in [4.78, 5) is 14.3. The van der Waals surface area contributed by atoms with Gasteiger partial charge < -0.3 is 10.6 Å². The SMILES string of the molecule is Cc1nn(CC(=O)N2C[C@@H](N)[C@H](C3CC3)C2)c(C)c1Cl. The molecule has 2 heterocycles. The zero-order valence-electron chi connectivity index (χ0n) is 12.0. The Labute approximate surface area is 124 Å². The molecule has 2 atom stereocenters. The van der Waals surface area contributed by atoms with Crippen LogP contribution < -0.4 is 5.73 Å². The summed E-state index contributed by atoms with van der Waals surface area (Å²) < 4.78 is 1.69. The minimum Gasteiger partial charge on any atom is -0.339 e. The molecule has 3 rings (SSSR count). The van der Waals surface area contributed by atoms with Crippen LogP contribution in [0.5, 0.6) is 0 Å². The van der Waals surface area contributed by atoms with Crippen molar-refractivity contribution in [3.05, 3.63) is 16.4 Å². The quantitative estimate of drug-likeness (QED) is 0.916. The lowest BCUT2D eigenvalue weighted by Gasteiger charge is -2.16. The van der Waals surface area contributed by atoms with Gasteiger partial charge in [-0.2, -0.15) is 5.10 Å². The van der Waals surface area contributed by atoms with E-state index in [1.807, 2.05) is 18.7 Å². The van der Waals surface area contributed by atoms with Gasteiger partial charge in [-0.15, -0.1) is 0 Å². The minimum absolute atomic E-state index is 0.0888. The first-order valence-corrected chi connectivity index (χ1v) is 7.58. The highest BCUT2D eigenvalue weighted by atomic mass is 35.5. The number of halogens is 1. The molecule has 6 heteroatoms. The Morgan fingerprint density at radius 1 is 1.40 bits per heavy atom. The highest BCUT2D eigenvalue weighted by molar-refractivity contribution is 6.31. The molecule has 1 aromatic rings. The second kappa shape index (κ2) is 5.04. The first-order valence-electron chi connectivity index (χ1n) is 7.20. The van der Waals surface area contributed by atoms with Crippen molar-refractivity contribution in [3.63, 3.8) is 0 Å². The van der Waals surface area contributed by atoms with Crippen molar-refractivity contribution >= 4 is 17.5 Å². The number of aryl methyl sites for hydroxylation is 1. The van der Waals surface area contributed by atoms with Crippen LogP contribution in [0.4, 0.5) is 0 Å². The topological polar surface area (TPSA) is 64.2 Å². The third kappa shape index (κ3) is 2.44. The summed E-state index contributed by atoms with van der Waals surface area (Å²) in [7, 11) is 0. The molecule has 110 valence electrons. The maximum absolute atomic E-state index is 12.4. The third-order valence-corrected chi connectivity index (χ3v) is 5.12. The lowest BCUT2D eigenvalue weighted by atomic mass is 9.99. The molecule has 1 aliphatic carbocycles. The molecule has 0 bridgehead atoms. The maximum atomic E-state index is 12.4. The third-order valence-electron chi connectivity index (χ3n) is 4.57. The molecule has 1 saturated carbocycles. The molecular weight excluding hydrogens is 276 g/mol. The van der Waals surface area contributed by atoms with Crippen LogP contribution in [0, 0.1) is 25.7 Å². The van der Waals surface area contributed by atoms with Crippen LogP contribution in [-0.4, -0.2) is 39.7 Å². The summed E-state index contributed by atoms with van der Waals surface area (Å²) in [6, 6.07) is 0.135. The summed E-state index contributed by atoms with van der Waals surface area (Å²) >= 11 is 6.11. The Hall–Kier alpha value is -1.07. The summed E-state index contributed by atoms with van der Waals surface area (Å²) in [6.07, 6.45) is 2.54. The fourth-order valence-corrected chi connectivity index (χ4v) is 3.27. The molecule has 2 aliphatic rings. The summed E-state index contributed by atoms with van der Waals surface area (Å²) in [5.74, 6) is 1.32. The van der Waals surface area contributed by atoms with Gasteiger partial charge in [-0.1, -0.05) is 11.6 Å². The fraction of sp³-hybridized carbons (Fsp3) is 0.714. The molecule has 1 saturated heterocycles. The van der Waals surface area contributed by atoms with E-state index in [0.717, 1.165) is 23.9 Å².